The molecule has 0 aliphatic carbocycles. The van der Waals surface area contributed by atoms with E-state index in [1.54, 1.807) is 13.8 Å². The van der Waals surface area contributed by atoms with Gasteiger partial charge >= 0.3 is 6.18 Å². The molecule has 1 aromatic carbocycles. The Morgan fingerprint density at radius 3 is 2.38 bits per heavy atom. The number of hydrogen-bond acceptors (Lipinski definition) is 3. The molecule has 0 saturated carbocycles. The normalized spacial score (nSPS) is 21.8. The SMILES string of the molecule is CC(C)[C@@H](NC(=O)c1ccccc1F)C(=O)N1CC[C@@](O)(C(F)(F)F)C1. The predicted octanol–water partition coefficient (Wildman–Crippen LogP) is 2.11. The molecule has 0 bridgehead atoms. The van der Waals surface area contributed by atoms with Gasteiger partial charge in [-0.15, -0.1) is 0 Å². The molecule has 1 fully saturated rings. The van der Waals surface area contributed by atoms with Gasteiger partial charge in [0.15, 0.2) is 5.60 Å². The summed E-state index contributed by atoms with van der Waals surface area (Å²) in [7, 11) is 0. The largest absolute Gasteiger partial charge is 0.419 e. The summed E-state index contributed by atoms with van der Waals surface area (Å²) in [6.45, 7) is 2.04. The number of likely N-dealkylation sites (tertiary alicyclic amines) is 1. The first kappa shape index (κ1) is 20.2. The number of halogens is 4. The van der Waals surface area contributed by atoms with Crippen LogP contribution >= 0.6 is 0 Å². The second-order valence-electron chi connectivity index (χ2n) is 6.71. The first-order chi connectivity index (χ1) is 12.0. The lowest BCUT2D eigenvalue weighted by Crippen LogP contribution is -2.53. The van der Waals surface area contributed by atoms with Gasteiger partial charge in [-0.1, -0.05) is 26.0 Å². The minimum absolute atomic E-state index is 0.265. The van der Waals surface area contributed by atoms with Crippen molar-refractivity contribution in [2.75, 3.05) is 13.1 Å². The minimum atomic E-state index is -4.86. The maximum Gasteiger partial charge on any atom is 0.419 e. The van der Waals surface area contributed by atoms with Crippen molar-refractivity contribution in [3.8, 4) is 0 Å². The molecule has 1 saturated heterocycles. The van der Waals surface area contributed by atoms with Gasteiger partial charge in [-0.3, -0.25) is 9.59 Å². The smallest absolute Gasteiger partial charge is 0.379 e. The molecule has 1 heterocycles. The Kier molecular flexibility index (Phi) is 5.60. The van der Waals surface area contributed by atoms with Gasteiger partial charge in [-0.25, -0.2) is 4.39 Å². The summed E-state index contributed by atoms with van der Waals surface area (Å²) in [4.78, 5) is 25.7. The number of nitrogens with one attached hydrogen (secondary N) is 1. The molecule has 2 atom stereocenters. The number of hydrogen-bond donors (Lipinski definition) is 2. The van der Waals surface area contributed by atoms with E-state index < -0.39 is 54.3 Å². The third kappa shape index (κ3) is 3.98. The van der Waals surface area contributed by atoms with Gasteiger partial charge in [0.2, 0.25) is 5.91 Å². The molecule has 9 heteroatoms. The maximum atomic E-state index is 13.7. The summed E-state index contributed by atoms with van der Waals surface area (Å²) < 4.78 is 52.5. The predicted molar refractivity (Wildman–Crippen MR) is 84.7 cm³/mol. The highest BCUT2D eigenvalue weighted by atomic mass is 19.4. The molecule has 2 amide bonds. The zero-order chi connectivity index (χ0) is 19.7. The van der Waals surface area contributed by atoms with E-state index in [0.717, 1.165) is 11.0 Å². The second-order valence-corrected chi connectivity index (χ2v) is 6.71. The maximum absolute atomic E-state index is 13.7. The molecule has 26 heavy (non-hydrogen) atoms. The number of alkyl halides is 3. The van der Waals surface area contributed by atoms with E-state index in [-0.39, 0.29) is 12.1 Å². The molecule has 144 valence electrons. The first-order valence-electron chi connectivity index (χ1n) is 8.09. The standard InChI is InChI=1S/C17H20F4N2O3/c1-10(2)13(22-14(24)11-5-3-4-6-12(11)18)15(25)23-8-7-16(26,9-23)17(19,20)21/h3-6,10,13,26H,7-9H2,1-2H3,(H,22,24)/t13-,16+/m1/s1. The van der Waals surface area contributed by atoms with E-state index in [1.165, 1.54) is 18.2 Å². The highest BCUT2D eigenvalue weighted by molar-refractivity contribution is 5.97. The Balaban J connectivity index is 2.14. The lowest BCUT2D eigenvalue weighted by atomic mass is 10.0. The molecule has 2 N–H and O–H groups in total. The van der Waals surface area contributed by atoms with Gasteiger partial charge in [0, 0.05) is 13.0 Å². The van der Waals surface area contributed by atoms with Crippen molar-refractivity contribution >= 4 is 11.8 Å². The molecule has 0 spiro atoms. The van der Waals surface area contributed by atoms with Crippen LogP contribution in [0, 0.1) is 11.7 Å². The van der Waals surface area contributed by atoms with Crippen LogP contribution < -0.4 is 5.32 Å². The third-order valence-electron chi connectivity index (χ3n) is 4.42. The van der Waals surface area contributed by atoms with Crippen molar-refractivity contribution < 1.29 is 32.3 Å². The molecular formula is C17H20F4N2O3. The minimum Gasteiger partial charge on any atom is -0.379 e. The number of nitrogens with zero attached hydrogens (tertiary/aromatic N) is 1. The van der Waals surface area contributed by atoms with Crippen LogP contribution in [0.1, 0.15) is 30.6 Å². The van der Waals surface area contributed by atoms with Crippen LogP contribution in [-0.2, 0) is 4.79 Å². The van der Waals surface area contributed by atoms with Gasteiger partial charge < -0.3 is 15.3 Å². The van der Waals surface area contributed by atoms with E-state index in [0.29, 0.717) is 0 Å². The molecule has 1 aliphatic heterocycles. The van der Waals surface area contributed by atoms with Crippen molar-refractivity contribution in [3.05, 3.63) is 35.6 Å². The van der Waals surface area contributed by atoms with Gasteiger partial charge in [0.05, 0.1) is 12.1 Å². The number of benzene rings is 1. The number of rotatable bonds is 4. The molecule has 1 aromatic rings. The Hall–Kier alpha value is -2.16. The number of aliphatic hydroxyl groups is 1. The monoisotopic (exact) mass is 376 g/mol. The third-order valence-corrected chi connectivity index (χ3v) is 4.42. The Morgan fingerprint density at radius 1 is 1.27 bits per heavy atom. The molecule has 0 radical (unpaired) electrons. The van der Waals surface area contributed by atoms with Gasteiger partial charge in [-0.05, 0) is 18.1 Å². The Morgan fingerprint density at radius 2 is 1.88 bits per heavy atom. The number of carbonyl (C=O) groups excluding carboxylic acids is 2. The summed E-state index contributed by atoms with van der Waals surface area (Å²) in [5.74, 6) is -2.80. The van der Waals surface area contributed by atoms with Crippen molar-refractivity contribution in [1.29, 1.82) is 0 Å². The van der Waals surface area contributed by atoms with E-state index >= 15 is 0 Å². The van der Waals surface area contributed by atoms with Gasteiger partial charge in [0.1, 0.15) is 11.9 Å². The quantitative estimate of drug-likeness (QED) is 0.791. The van der Waals surface area contributed by atoms with Crippen molar-refractivity contribution in [2.45, 2.75) is 38.1 Å². The lowest BCUT2D eigenvalue weighted by Gasteiger charge is -2.29. The molecule has 0 aromatic heterocycles. The van der Waals surface area contributed by atoms with Crippen LogP contribution in [0.3, 0.4) is 0 Å². The molecular weight excluding hydrogens is 356 g/mol. The van der Waals surface area contributed by atoms with Crippen LogP contribution in [0.5, 0.6) is 0 Å². The Bertz CT molecular complexity index is 693. The fourth-order valence-electron chi connectivity index (χ4n) is 2.79. The summed E-state index contributed by atoms with van der Waals surface area (Å²) in [5.41, 5.74) is -3.22. The average molecular weight is 376 g/mol. The summed E-state index contributed by atoms with van der Waals surface area (Å²) in [6.07, 6.45) is -5.49. The molecule has 2 rings (SSSR count). The van der Waals surface area contributed by atoms with Gasteiger partial charge in [-0.2, -0.15) is 13.2 Å². The highest BCUT2D eigenvalue weighted by Crippen LogP contribution is 2.37. The molecule has 0 unspecified atom stereocenters. The summed E-state index contributed by atoms with van der Waals surface area (Å²) >= 11 is 0. The fourth-order valence-corrected chi connectivity index (χ4v) is 2.79. The van der Waals surface area contributed by atoms with Gasteiger partial charge in [0.25, 0.3) is 5.91 Å². The highest BCUT2D eigenvalue weighted by Gasteiger charge is 2.58. The summed E-state index contributed by atoms with van der Waals surface area (Å²) in [6, 6.07) is 4.04. The van der Waals surface area contributed by atoms with E-state index in [9.17, 15) is 32.3 Å². The second kappa shape index (κ2) is 7.22. The van der Waals surface area contributed by atoms with E-state index in [2.05, 4.69) is 5.32 Å². The lowest BCUT2D eigenvalue weighted by molar-refractivity contribution is -0.253. The average Bonchev–Trinajstić information content (AvgIpc) is 2.95. The van der Waals surface area contributed by atoms with Crippen LogP contribution in [0.25, 0.3) is 0 Å². The van der Waals surface area contributed by atoms with E-state index in [1.807, 2.05) is 0 Å². The molecule has 1 aliphatic rings. The first-order valence-corrected chi connectivity index (χ1v) is 8.09. The van der Waals surface area contributed by atoms with E-state index in [4.69, 9.17) is 0 Å². The van der Waals surface area contributed by atoms with Crippen molar-refractivity contribution in [1.82, 2.24) is 10.2 Å². The summed E-state index contributed by atoms with van der Waals surface area (Å²) in [5, 5.41) is 12.1. The zero-order valence-electron chi connectivity index (χ0n) is 14.3. The Labute approximate surface area is 148 Å². The van der Waals surface area contributed by atoms with Crippen LogP contribution in [-0.4, -0.2) is 52.7 Å². The zero-order valence-corrected chi connectivity index (χ0v) is 14.3. The number of β-amino-alcohol motifs (C(OH)–C–C–N with tert-alkyl or cyclic N) is 1. The van der Waals surface area contributed by atoms with Crippen molar-refractivity contribution in [3.63, 3.8) is 0 Å². The number of carbonyl (C=O) groups is 2. The molecule has 5 nitrogen and oxygen atoms in total. The fraction of sp³-hybridized carbons (Fsp3) is 0.529. The number of amides is 2. The van der Waals surface area contributed by atoms with Crippen LogP contribution in [0.2, 0.25) is 0 Å². The van der Waals surface area contributed by atoms with Crippen LogP contribution in [0.15, 0.2) is 24.3 Å². The van der Waals surface area contributed by atoms with Crippen LogP contribution in [0.4, 0.5) is 17.6 Å². The van der Waals surface area contributed by atoms with Crippen molar-refractivity contribution in [2.24, 2.45) is 5.92 Å². The topological polar surface area (TPSA) is 69.6 Å².